The van der Waals surface area contributed by atoms with Crippen molar-refractivity contribution in [2.45, 2.75) is 50.6 Å². The lowest BCUT2D eigenvalue weighted by molar-refractivity contribution is -0.142. The van der Waals surface area contributed by atoms with Gasteiger partial charge in [-0.3, -0.25) is 9.59 Å². The van der Waals surface area contributed by atoms with Gasteiger partial charge in [0.2, 0.25) is 5.91 Å². The van der Waals surface area contributed by atoms with Crippen LogP contribution in [-0.4, -0.2) is 54.6 Å². The van der Waals surface area contributed by atoms with E-state index in [-0.39, 0.29) is 36.2 Å². The van der Waals surface area contributed by atoms with Gasteiger partial charge in [-0.15, -0.1) is 12.4 Å². The molecule has 6 nitrogen and oxygen atoms in total. The Balaban J connectivity index is 0.00000306. The molecule has 2 aliphatic rings. The number of likely N-dealkylation sites (tertiary alicyclic amines) is 1. The highest BCUT2D eigenvalue weighted by Crippen LogP contribution is 2.31. The van der Waals surface area contributed by atoms with Crippen LogP contribution in [0.25, 0.3) is 0 Å². The molecule has 2 aromatic carbocycles. The number of amides is 2. The third-order valence-corrected chi connectivity index (χ3v) is 6.92. The molecule has 0 aliphatic carbocycles. The molecule has 2 amide bonds. The number of nitrogens with one attached hydrogen (secondary N) is 1. The molecule has 0 radical (unpaired) electrons. The monoisotopic (exact) mass is 471 g/mol. The molecule has 2 atom stereocenters. The quantitative estimate of drug-likeness (QED) is 0.716. The summed E-state index contributed by atoms with van der Waals surface area (Å²) in [5, 5.41) is 3.16. The summed E-state index contributed by atoms with van der Waals surface area (Å²) >= 11 is 0. The maximum Gasteiger partial charge on any atom is 0.251 e. The smallest absolute Gasteiger partial charge is 0.251 e. The molecule has 0 aromatic heterocycles. The lowest BCUT2D eigenvalue weighted by Gasteiger charge is -2.43. The van der Waals surface area contributed by atoms with Crippen LogP contribution in [0.3, 0.4) is 0 Å². The summed E-state index contributed by atoms with van der Waals surface area (Å²) < 4.78 is 5.43. The maximum atomic E-state index is 13.5. The van der Waals surface area contributed by atoms with Crippen molar-refractivity contribution >= 4 is 24.2 Å². The number of nitrogens with zero attached hydrogens (tertiary/aromatic N) is 1. The second kappa shape index (κ2) is 10.7. The topological polar surface area (TPSA) is 84.7 Å². The zero-order valence-electron chi connectivity index (χ0n) is 19.4. The first kappa shape index (κ1) is 25.2. The first-order valence-electron chi connectivity index (χ1n) is 11.4. The number of carbonyl (C=O) groups is 2. The Labute approximate surface area is 202 Å². The minimum atomic E-state index is -0.892. The normalized spacial score (nSPS) is 22.2. The molecule has 2 aromatic rings. The average Bonchev–Trinajstić information content (AvgIpc) is 2.81. The van der Waals surface area contributed by atoms with Gasteiger partial charge < -0.3 is 20.7 Å². The van der Waals surface area contributed by atoms with E-state index in [0.29, 0.717) is 44.7 Å². The van der Waals surface area contributed by atoms with Gasteiger partial charge in [0.05, 0.1) is 5.54 Å². The van der Waals surface area contributed by atoms with Gasteiger partial charge in [-0.1, -0.05) is 36.4 Å². The SMILES string of the molecule is Cc1ccc(C2CC(NC(=O)c3ccccc3)CN(C(=O)C3(N)CCOCC3)C2)cc1C.Cl. The number of hydrogen-bond donors (Lipinski definition) is 2. The predicted octanol–water partition coefficient (Wildman–Crippen LogP) is 3.35. The van der Waals surface area contributed by atoms with Crippen LogP contribution in [0.15, 0.2) is 48.5 Å². The van der Waals surface area contributed by atoms with Gasteiger partial charge >= 0.3 is 0 Å². The van der Waals surface area contributed by atoms with Crippen LogP contribution in [0.4, 0.5) is 0 Å². The van der Waals surface area contributed by atoms with E-state index < -0.39 is 5.54 Å². The Morgan fingerprint density at radius 2 is 1.73 bits per heavy atom. The molecule has 2 heterocycles. The molecule has 4 rings (SSSR count). The van der Waals surface area contributed by atoms with E-state index in [1.54, 1.807) is 12.1 Å². The first-order valence-corrected chi connectivity index (χ1v) is 11.4. The van der Waals surface area contributed by atoms with Crippen LogP contribution in [0.1, 0.15) is 52.2 Å². The largest absolute Gasteiger partial charge is 0.381 e. The van der Waals surface area contributed by atoms with E-state index in [1.165, 1.54) is 16.7 Å². The molecule has 7 heteroatoms. The number of piperidine rings is 1. The Morgan fingerprint density at radius 3 is 2.39 bits per heavy atom. The van der Waals surface area contributed by atoms with Crippen LogP contribution in [0.5, 0.6) is 0 Å². The fourth-order valence-corrected chi connectivity index (χ4v) is 4.75. The van der Waals surface area contributed by atoms with Crippen molar-refractivity contribution in [3.63, 3.8) is 0 Å². The minimum Gasteiger partial charge on any atom is -0.381 e. The van der Waals surface area contributed by atoms with Crippen molar-refractivity contribution in [1.29, 1.82) is 0 Å². The molecule has 0 saturated carbocycles. The fraction of sp³-hybridized carbons (Fsp3) is 0.462. The molecular formula is C26H34ClN3O3. The van der Waals surface area contributed by atoms with Crippen molar-refractivity contribution in [3.05, 3.63) is 70.8 Å². The summed E-state index contributed by atoms with van der Waals surface area (Å²) in [5.74, 6) is -0.0120. The van der Waals surface area contributed by atoms with Gasteiger partial charge in [0.1, 0.15) is 0 Å². The molecule has 2 unspecified atom stereocenters. The third-order valence-electron chi connectivity index (χ3n) is 6.92. The summed E-state index contributed by atoms with van der Waals surface area (Å²) in [4.78, 5) is 28.2. The van der Waals surface area contributed by atoms with E-state index in [2.05, 4.69) is 37.4 Å². The number of rotatable bonds is 4. The Morgan fingerprint density at radius 1 is 1.03 bits per heavy atom. The minimum absolute atomic E-state index is 0. The number of nitrogens with two attached hydrogens (primary N) is 1. The second-order valence-corrected chi connectivity index (χ2v) is 9.29. The van der Waals surface area contributed by atoms with E-state index in [1.807, 2.05) is 23.1 Å². The number of carbonyl (C=O) groups excluding carboxylic acids is 2. The second-order valence-electron chi connectivity index (χ2n) is 9.29. The van der Waals surface area contributed by atoms with E-state index >= 15 is 0 Å². The lowest BCUT2D eigenvalue weighted by Crippen LogP contribution is -2.62. The molecule has 178 valence electrons. The van der Waals surface area contributed by atoms with E-state index in [9.17, 15) is 9.59 Å². The summed E-state index contributed by atoms with van der Waals surface area (Å²) in [6.45, 7) is 6.30. The number of aryl methyl sites for hydroxylation is 2. The molecule has 33 heavy (non-hydrogen) atoms. The van der Waals surface area contributed by atoms with Crippen molar-refractivity contribution in [2.24, 2.45) is 5.73 Å². The van der Waals surface area contributed by atoms with Crippen LogP contribution >= 0.6 is 12.4 Å². The summed E-state index contributed by atoms with van der Waals surface area (Å²) in [5.41, 5.74) is 9.95. The number of hydrogen-bond acceptors (Lipinski definition) is 4. The van der Waals surface area contributed by atoms with Gasteiger partial charge in [-0.2, -0.15) is 0 Å². The number of ether oxygens (including phenoxy) is 1. The fourth-order valence-electron chi connectivity index (χ4n) is 4.75. The Kier molecular flexibility index (Phi) is 8.16. The summed E-state index contributed by atoms with van der Waals surface area (Å²) in [6, 6.07) is 15.5. The van der Waals surface area contributed by atoms with Gasteiger partial charge in [-0.25, -0.2) is 0 Å². The highest BCUT2D eigenvalue weighted by atomic mass is 35.5. The highest BCUT2D eigenvalue weighted by molar-refractivity contribution is 5.94. The van der Waals surface area contributed by atoms with Gasteiger partial charge in [0, 0.05) is 43.8 Å². The summed E-state index contributed by atoms with van der Waals surface area (Å²) in [7, 11) is 0. The molecule has 2 fully saturated rings. The van der Waals surface area contributed by atoms with Crippen LogP contribution in [0.2, 0.25) is 0 Å². The molecular weight excluding hydrogens is 438 g/mol. The molecule has 0 spiro atoms. The third kappa shape index (κ3) is 5.75. The first-order chi connectivity index (χ1) is 15.4. The van der Waals surface area contributed by atoms with Gasteiger partial charge in [-0.05, 0) is 61.9 Å². The zero-order chi connectivity index (χ0) is 22.7. The molecule has 3 N–H and O–H groups in total. The van der Waals surface area contributed by atoms with Crippen molar-refractivity contribution in [1.82, 2.24) is 10.2 Å². The average molecular weight is 472 g/mol. The zero-order valence-corrected chi connectivity index (χ0v) is 20.2. The lowest BCUT2D eigenvalue weighted by atomic mass is 9.84. The van der Waals surface area contributed by atoms with Crippen molar-refractivity contribution in [3.8, 4) is 0 Å². The van der Waals surface area contributed by atoms with Crippen LogP contribution < -0.4 is 11.1 Å². The maximum absolute atomic E-state index is 13.5. The van der Waals surface area contributed by atoms with Gasteiger partial charge in [0.25, 0.3) is 5.91 Å². The Hall–Kier alpha value is -2.41. The standard InChI is InChI=1S/C26H33N3O3.ClH/c1-18-8-9-21(14-19(18)2)22-15-23(28-24(30)20-6-4-3-5-7-20)17-29(16-22)25(31)26(27)10-12-32-13-11-26;/h3-9,14,22-23H,10-13,15-17,27H2,1-2H3,(H,28,30);1H. The van der Waals surface area contributed by atoms with Crippen LogP contribution in [-0.2, 0) is 9.53 Å². The molecule has 0 bridgehead atoms. The summed E-state index contributed by atoms with van der Waals surface area (Å²) in [6.07, 6.45) is 1.83. The molecule has 2 aliphatic heterocycles. The number of halogens is 1. The highest BCUT2D eigenvalue weighted by Gasteiger charge is 2.42. The van der Waals surface area contributed by atoms with Crippen molar-refractivity contribution in [2.75, 3.05) is 26.3 Å². The van der Waals surface area contributed by atoms with E-state index in [4.69, 9.17) is 10.5 Å². The predicted molar refractivity (Wildman–Crippen MR) is 132 cm³/mol. The number of benzene rings is 2. The van der Waals surface area contributed by atoms with E-state index in [0.717, 1.165) is 6.42 Å². The van der Waals surface area contributed by atoms with Gasteiger partial charge in [0.15, 0.2) is 0 Å². The van der Waals surface area contributed by atoms with Crippen molar-refractivity contribution < 1.29 is 14.3 Å². The molecule has 2 saturated heterocycles. The van der Waals surface area contributed by atoms with Crippen LogP contribution in [0, 0.1) is 13.8 Å². The Bertz CT molecular complexity index is 976.